The molecule has 0 fully saturated rings. The lowest BCUT2D eigenvalue weighted by Crippen LogP contribution is -2.16. The summed E-state index contributed by atoms with van der Waals surface area (Å²) in [5.41, 5.74) is 0. The summed E-state index contributed by atoms with van der Waals surface area (Å²) < 4.78 is 0. The first kappa shape index (κ1) is 27.4. The van der Waals surface area contributed by atoms with Gasteiger partial charge in [-0.2, -0.15) is 0 Å². The Kier molecular flexibility index (Phi) is 20.0. The summed E-state index contributed by atoms with van der Waals surface area (Å²) in [7, 11) is -0.684. The molecule has 0 bridgehead atoms. The Morgan fingerprint density at radius 2 is 0.926 bits per heavy atom. The van der Waals surface area contributed by atoms with Gasteiger partial charge in [0.25, 0.3) is 0 Å². The molecule has 1 atom stereocenters. The van der Waals surface area contributed by atoms with Crippen LogP contribution in [0.15, 0.2) is 0 Å². The van der Waals surface area contributed by atoms with Crippen LogP contribution in [0.25, 0.3) is 0 Å². The standard InChI is InChI=1S/C26H56P/c1-6-10-13-16-17-18-19-22-26(5)25-27(9-4,23-20-14-11-7-2)24-21-15-12-8-3/h26H,6-25H2,1-5H3/q+1. The Balaban J connectivity index is 4.30. The monoisotopic (exact) mass is 399 g/mol. The van der Waals surface area contributed by atoms with Gasteiger partial charge in [-0.1, -0.05) is 98.3 Å². The first-order chi connectivity index (χ1) is 13.1. The van der Waals surface area contributed by atoms with Crippen molar-refractivity contribution in [3.8, 4) is 0 Å². The summed E-state index contributed by atoms with van der Waals surface area (Å²) in [6.45, 7) is 12.1. The summed E-state index contributed by atoms with van der Waals surface area (Å²) in [6.07, 6.45) is 29.7. The van der Waals surface area contributed by atoms with Crippen LogP contribution in [0, 0.1) is 5.92 Å². The van der Waals surface area contributed by atoms with Crippen molar-refractivity contribution in [1.29, 1.82) is 0 Å². The van der Waals surface area contributed by atoms with E-state index in [0.717, 1.165) is 5.92 Å². The van der Waals surface area contributed by atoms with Crippen LogP contribution in [0.5, 0.6) is 0 Å². The third-order valence-electron chi connectivity index (χ3n) is 6.64. The zero-order chi connectivity index (χ0) is 20.2. The van der Waals surface area contributed by atoms with Gasteiger partial charge in [-0.15, -0.1) is 0 Å². The molecule has 0 aliphatic carbocycles. The van der Waals surface area contributed by atoms with Crippen LogP contribution in [-0.2, 0) is 0 Å². The fraction of sp³-hybridized carbons (Fsp3) is 1.00. The number of rotatable bonds is 21. The van der Waals surface area contributed by atoms with E-state index in [9.17, 15) is 0 Å². The van der Waals surface area contributed by atoms with Crippen molar-refractivity contribution in [2.45, 2.75) is 137 Å². The minimum Gasteiger partial charge on any atom is -0.0654 e. The van der Waals surface area contributed by atoms with Crippen molar-refractivity contribution in [2.24, 2.45) is 5.92 Å². The maximum Gasteiger partial charge on any atom is 0.0619 e. The van der Waals surface area contributed by atoms with Gasteiger partial charge in [0.1, 0.15) is 0 Å². The van der Waals surface area contributed by atoms with Crippen molar-refractivity contribution >= 4 is 7.26 Å². The van der Waals surface area contributed by atoms with Crippen LogP contribution in [0.4, 0.5) is 0 Å². The zero-order valence-electron chi connectivity index (χ0n) is 20.2. The summed E-state index contributed by atoms with van der Waals surface area (Å²) in [5.74, 6) is 0.978. The van der Waals surface area contributed by atoms with E-state index >= 15 is 0 Å². The van der Waals surface area contributed by atoms with Crippen LogP contribution in [0.3, 0.4) is 0 Å². The minimum atomic E-state index is -0.684. The number of unbranched alkanes of at least 4 members (excludes halogenated alkanes) is 12. The Morgan fingerprint density at radius 3 is 1.37 bits per heavy atom. The maximum atomic E-state index is 2.58. The van der Waals surface area contributed by atoms with Gasteiger partial charge in [0.2, 0.25) is 0 Å². The lowest BCUT2D eigenvalue weighted by molar-refractivity contribution is 0.512. The predicted molar refractivity (Wildman–Crippen MR) is 132 cm³/mol. The molecule has 0 aromatic rings. The minimum absolute atomic E-state index is 0.684. The van der Waals surface area contributed by atoms with Gasteiger partial charge < -0.3 is 0 Å². The molecule has 0 N–H and O–H groups in total. The van der Waals surface area contributed by atoms with Gasteiger partial charge >= 0.3 is 0 Å². The van der Waals surface area contributed by atoms with Crippen molar-refractivity contribution < 1.29 is 0 Å². The van der Waals surface area contributed by atoms with E-state index in [1.54, 1.807) is 18.5 Å². The molecule has 27 heavy (non-hydrogen) atoms. The first-order valence-corrected chi connectivity index (χ1v) is 15.5. The van der Waals surface area contributed by atoms with Crippen molar-refractivity contribution in [3.05, 3.63) is 0 Å². The fourth-order valence-corrected chi connectivity index (χ4v) is 9.46. The molecule has 0 aliphatic rings. The van der Waals surface area contributed by atoms with Crippen molar-refractivity contribution in [2.75, 3.05) is 24.6 Å². The molecule has 0 aromatic heterocycles. The normalized spacial score (nSPS) is 13.2. The average molecular weight is 400 g/mol. The molecule has 0 aromatic carbocycles. The Labute approximate surface area is 175 Å². The Bertz CT molecular complexity index is 274. The predicted octanol–water partition coefficient (Wildman–Crippen LogP) is 9.96. The summed E-state index contributed by atoms with van der Waals surface area (Å²) in [4.78, 5) is 0. The third-order valence-corrected chi connectivity index (χ3v) is 11.9. The highest BCUT2D eigenvalue weighted by Gasteiger charge is 2.35. The Morgan fingerprint density at radius 1 is 0.519 bits per heavy atom. The molecule has 1 heteroatoms. The van der Waals surface area contributed by atoms with Crippen molar-refractivity contribution in [3.63, 3.8) is 0 Å². The average Bonchev–Trinajstić information content (AvgIpc) is 2.67. The van der Waals surface area contributed by atoms with Crippen LogP contribution >= 0.6 is 7.26 Å². The van der Waals surface area contributed by atoms with Gasteiger partial charge in [0.15, 0.2) is 0 Å². The van der Waals surface area contributed by atoms with E-state index in [1.165, 1.54) is 109 Å². The van der Waals surface area contributed by atoms with E-state index in [2.05, 4.69) is 34.6 Å². The topological polar surface area (TPSA) is 0 Å². The largest absolute Gasteiger partial charge is 0.0654 e. The second-order valence-electron chi connectivity index (χ2n) is 9.42. The second kappa shape index (κ2) is 19.7. The summed E-state index contributed by atoms with van der Waals surface area (Å²) >= 11 is 0. The van der Waals surface area contributed by atoms with Gasteiger partial charge in [0.05, 0.1) is 24.6 Å². The highest BCUT2D eigenvalue weighted by atomic mass is 31.2. The molecule has 0 radical (unpaired) electrons. The van der Waals surface area contributed by atoms with Gasteiger partial charge in [0, 0.05) is 7.26 Å². The van der Waals surface area contributed by atoms with E-state index in [0.29, 0.717) is 0 Å². The third kappa shape index (κ3) is 16.0. The molecule has 0 spiro atoms. The van der Waals surface area contributed by atoms with Crippen LogP contribution in [0.1, 0.15) is 137 Å². The van der Waals surface area contributed by atoms with E-state index < -0.39 is 7.26 Å². The SMILES string of the molecule is CCCCCCCCCC(C)C[P+](CC)(CCCCCC)CCCCCC. The first-order valence-electron chi connectivity index (χ1n) is 13.0. The fourth-order valence-electron chi connectivity index (χ4n) is 4.69. The van der Waals surface area contributed by atoms with E-state index in [1.807, 2.05) is 0 Å². The quantitative estimate of drug-likeness (QED) is 0.133. The number of hydrogen-bond donors (Lipinski definition) is 0. The molecule has 0 saturated carbocycles. The lowest BCUT2D eigenvalue weighted by Gasteiger charge is -2.29. The van der Waals surface area contributed by atoms with E-state index in [-0.39, 0.29) is 0 Å². The molecule has 0 saturated heterocycles. The molecule has 0 aliphatic heterocycles. The molecule has 0 rings (SSSR count). The van der Waals surface area contributed by atoms with Gasteiger partial charge in [-0.05, 0) is 44.9 Å². The van der Waals surface area contributed by atoms with Crippen LogP contribution in [-0.4, -0.2) is 24.6 Å². The molecule has 0 nitrogen and oxygen atoms in total. The van der Waals surface area contributed by atoms with Crippen LogP contribution in [0.2, 0.25) is 0 Å². The van der Waals surface area contributed by atoms with Gasteiger partial charge in [-0.25, -0.2) is 0 Å². The maximum absolute atomic E-state index is 2.58. The molecule has 1 unspecified atom stereocenters. The molecular formula is C26H56P+. The van der Waals surface area contributed by atoms with Crippen LogP contribution < -0.4 is 0 Å². The van der Waals surface area contributed by atoms with E-state index in [4.69, 9.17) is 0 Å². The van der Waals surface area contributed by atoms with Gasteiger partial charge in [-0.3, -0.25) is 0 Å². The lowest BCUT2D eigenvalue weighted by atomic mass is 10.0. The number of hydrogen-bond acceptors (Lipinski definition) is 0. The molecular weight excluding hydrogens is 343 g/mol. The zero-order valence-corrected chi connectivity index (χ0v) is 21.1. The summed E-state index contributed by atoms with van der Waals surface area (Å²) in [6, 6.07) is 0. The Hall–Kier alpha value is 0.430. The summed E-state index contributed by atoms with van der Waals surface area (Å²) in [5, 5.41) is 0. The molecule has 164 valence electrons. The second-order valence-corrected chi connectivity index (χ2v) is 14.0. The highest BCUT2D eigenvalue weighted by molar-refractivity contribution is 7.75. The highest BCUT2D eigenvalue weighted by Crippen LogP contribution is 2.61. The molecule has 0 heterocycles. The van der Waals surface area contributed by atoms with Crippen molar-refractivity contribution in [1.82, 2.24) is 0 Å². The molecule has 0 amide bonds. The smallest absolute Gasteiger partial charge is 0.0619 e.